The highest BCUT2D eigenvalue weighted by Gasteiger charge is 2.36. The lowest BCUT2D eigenvalue weighted by atomic mass is 9.99. The number of rotatable bonds is 7. The Balaban J connectivity index is 1.93. The van der Waals surface area contributed by atoms with E-state index in [2.05, 4.69) is 10.4 Å². The normalized spacial score (nSPS) is 15.5. The molecule has 30 heavy (non-hydrogen) atoms. The van der Waals surface area contributed by atoms with Crippen molar-refractivity contribution in [2.24, 2.45) is 5.10 Å². The summed E-state index contributed by atoms with van der Waals surface area (Å²) in [4.78, 5) is 27.6. The fourth-order valence-electron chi connectivity index (χ4n) is 3.31. The fourth-order valence-corrected chi connectivity index (χ4v) is 4.03. The summed E-state index contributed by atoms with van der Waals surface area (Å²) in [5.74, 6) is 1.05. The SMILES string of the molecule is CCNC(=O)N(C)CC(=O)N1N=C(c2cccs2)C[C@H]1c1cc(OC)ccc1OC. The Kier molecular flexibility index (Phi) is 6.94. The van der Waals surface area contributed by atoms with Crippen LogP contribution in [0.15, 0.2) is 40.8 Å². The number of hydrogen-bond donors (Lipinski definition) is 1. The van der Waals surface area contributed by atoms with Crippen molar-refractivity contribution >= 4 is 29.0 Å². The van der Waals surface area contributed by atoms with Crippen molar-refractivity contribution in [2.75, 3.05) is 34.4 Å². The quantitative estimate of drug-likeness (QED) is 0.732. The van der Waals surface area contributed by atoms with Crippen LogP contribution >= 0.6 is 11.3 Å². The van der Waals surface area contributed by atoms with E-state index in [1.165, 1.54) is 9.91 Å². The van der Waals surface area contributed by atoms with E-state index in [0.29, 0.717) is 24.5 Å². The highest BCUT2D eigenvalue weighted by Crippen LogP contribution is 2.39. The molecule has 1 N–H and O–H groups in total. The predicted octanol–water partition coefficient (Wildman–Crippen LogP) is 3.10. The number of methoxy groups -OCH3 is 2. The lowest BCUT2D eigenvalue weighted by molar-refractivity contribution is -0.133. The average Bonchev–Trinajstić information content (AvgIpc) is 3.43. The van der Waals surface area contributed by atoms with Crippen LogP contribution in [-0.2, 0) is 4.79 Å². The average molecular weight is 431 g/mol. The van der Waals surface area contributed by atoms with Gasteiger partial charge in [-0.05, 0) is 36.6 Å². The second-order valence-corrected chi connectivity index (χ2v) is 7.73. The molecule has 2 heterocycles. The summed E-state index contributed by atoms with van der Waals surface area (Å²) in [5.41, 5.74) is 1.63. The van der Waals surface area contributed by atoms with Crippen LogP contribution in [0.25, 0.3) is 0 Å². The molecule has 1 aromatic carbocycles. The molecule has 3 amide bonds. The van der Waals surface area contributed by atoms with Gasteiger partial charge in [0.15, 0.2) is 0 Å². The summed E-state index contributed by atoms with van der Waals surface area (Å²) >= 11 is 1.57. The topological polar surface area (TPSA) is 83.5 Å². The molecule has 0 saturated heterocycles. The van der Waals surface area contributed by atoms with Gasteiger partial charge in [-0.15, -0.1) is 11.3 Å². The molecule has 160 valence electrons. The van der Waals surface area contributed by atoms with Crippen LogP contribution in [0.3, 0.4) is 0 Å². The minimum absolute atomic E-state index is 0.0875. The molecule has 9 heteroatoms. The van der Waals surface area contributed by atoms with E-state index in [1.807, 2.05) is 42.6 Å². The summed E-state index contributed by atoms with van der Waals surface area (Å²) in [7, 11) is 4.78. The van der Waals surface area contributed by atoms with E-state index < -0.39 is 0 Å². The molecule has 1 aliphatic rings. The summed E-state index contributed by atoms with van der Waals surface area (Å²) in [6, 6.07) is 8.78. The van der Waals surface area contributed by atoms with Gasteiger partial charge in [0.25, 0.3) is 5.91 Å². The maximum absolute atomic E-state index is 13.1. The number of nitrogens with zero attached hydrogens (tertiary/aromatic N) is 3. The van der Waals surface area contributed by atoms with Crippen LogP contribution in [-0.4, -0.2) is 61.9 Å². The number of hydrogen-bond acceptors (Lipinski definition) is 6. The number of likely N-dealkylation sites (N-methyl/N-ethyl adjacent to an activating group) is 1. The van der Waals surface area contributed by atoms with E-state index in [9.17, 15) is 9.59 Å². The second kappa shape index (κ2) is 9.62. The maximum atomic E-state index is 13.1. The van der Waals surface area contributed by atoms with Gasteiger partial charge in [0.1, 0.15) is 18.0 Å². The lowest BCUT2D eigenvalue weighted by Gasteiger charge is -2.26. The minimum atomic E-state index is -0.359. The first kappa shape index (κ1) is 21.6. The highest BCUT2D eigenvalue weighted by atomic mass is 32.1. The molecule has 0 aliphatic carbocycles. The third-order valence-corrected chi connectivity index (χ3v) is 5.73. The van der Waals surface area contributed by atoms with Gasteiger partial charge < -0.3 is 19.7 Å². The lowest BCUT2D eigenvalue weighted by Crippen LogP contribution is -2.43. The van der Waals surface area contributed by atoms with Gasteiger partial charge in [-0.2, -0.15) is 5.10 Å². The van der Waals surface area contributed by atoms with Gasteiger partial charge in [-0.3, -0.25) is 4.79 Å². The number of amides is 3. The van der Waals surface area contributed by atoms with Crippen LogP contribution in [0.4, 0.5) is 4.79 Å². The molecule has 0 spiro atoms. The van der Waals surface area contributed by atoms with Gasteiger partial charge >= 0.3 is 6.03 Å². The Morgan fingerprint density at radius 3 is 2.73 bits per heavy atom. The summed E-state index contributed by atoms with van der Waals surface area (Å²) < 4.78 is 10.9. The van der Waals surface area contributed by atoms with Crippen molar-refractivity contribution in [3.8, 4) is 11.5 Å². The molecular formula is C21H26N4O4S. The second-order valence-electron chi connectivity index (χ2n) is 6.78. The molecule has 8 nitrogen and oxygen atoms in total. The molecule has 0 fully saturated rings. The van der Waals surface area contributed by atoms with Crippen LogP contribution in [0.2, 0.25) is 0 Å². The van der Waals surface area contributed by atoms with Crippen molar-refractivity contribution in [1.29, 1.82) is 0 Å². The highest BCUT2D eigenvalue weighted by molar-refractivity contribution is 7.12. The van der Waals surface area contributed by atoms with E-state index in [1.54, 1.807) is 32.6 Å². The van der Waals surface area contributed by atoms with Gasteiger partial charge in [-0.1, -0.05) is 6.07 Å². The Morgan fingerprint density at radius 1 is 1.30 bits per heavy atom. The van der Waals surface area contributed by atoms with Crippen LogP contribution < -0.4 is 14.8 Å². The van der Waals surface area contributed by atoms with Crippen molar-refractivity contribution in [1.82, 2.24) is 15.2 Å². The number of hydrazone groups is 1. The van der Waals surface area contributed by atoms with Crippen LogP contribution in [0.1, 0.15) is 29.8 Å². The zero-order valence-electron chi connectivity index (χ0n) is 17.5. The molecule has 0 saturated carbocycles. The molecule has 1 atom stereocenters. The van der Waals surface area contributed by atoms with E-state index in [-0.39, 0.29) is 24.5 Å². The molecule has 1 aliphatic heterocycles. The number of carbonyl (C=O) groups excluding carboxylic acids is 2. The fraction of sp³-hybridized carbons (Fsp3) is 0.381. The molecule has 1 aromatic heterocycles. The Hall–Kier alpha value is -3.07. The molecule has 0 bridgehead atoms. The number of thiophene rings is 1. The van der Waals surface area contributed by atoms with E-state index in [0.717, 1.165) is 16.2 Å². The number of benzene rings is 1. The third-order valence-electron chi connectivity index (χ3n) is 4.81. The first-order valence-electron chi connectivity index (χ1n) is 9.62. The standard InChI is InChI=1S/C21H26N4O4S/c1-5-22-21(27)24(2)13-20(26)25-17(12-16(23-25)19-7-6-10-30-19)15-11-14(28-3)8-9-18(15)29-4/h6-11,17H,5,12-13H2,1-4H3,(H,22,27)/t17-/m0/s1. The number of urea groups is 1. The van der Waals surface area contributed by atoms with Crippen molar-refractivity contribution in [3.63, 3.8) is 0 Å². The summed E-state index contributed by atoms with van der Waals surface area (Å²) in [6.07, 6.45) is 0.542. The Labute approximate surface area is 180 Å². The predicted molar refractivity (Wildman–Crippen MR) is 116 cm³/mol. The maximum Gasteiger partial charge on any atom is 0.317 e. The Bertz CT molecular complexity index is 929. The number of ether oxygens (including phenoxy) is 2. The van der Waals surface area contributed by atoms with Crippen LogP contribution in [0.5, 0.6) is 11.5 Å². The van der Waals surface area contributed by atoms with Crippen molar-refractivity contribution < 1.29 is 19.1 Å². The molecule has 2 aromatic rings. The zero-order chi connectivity index (χ0) is 21.7. The molecular weight excluding hydrogens is 404 g/mol. The first-order valence-corrected chi connectivity index (χ1v) is 10.5. The summed E-state index contributed by atoms with van der Waals surface area (Å²) in [5, 5.41) is 10.8. The summed E-state index contributed by atoms with van der Waals surface area (Å²) in [6.45, 7) is 2.23. The van der Waals surface area contributed by atoms with Gasteiger partial charge in [0.2, 0.25) is 0 Å². The number of nitrogens with one attached hydrogen (secondary N) is 1. The van der Waals surface area contributed by atoms with Crippen LogP contribution in [0, 0.1) is 0 Å². The van der Waals surface area contributed by atoms with Gasteiger partial charge in [-0.25, -0.2) is 9.80 Å². The van der Waals surface area contributed by atoms with Gasteiger partial charge in [0, 0.05) is 25.6 Å². The molecule has 0 unspecified atom stereocenters. The monoisotopic (exact) mass is 430 g/mol. The van der Waals surface area contributed by atoms with E-state index >= 15 is 0 Å². The molecule has 0 radical (unpaired) electrons. The largest absolute Gasteiger partial charge is 0.497 e. The van der Waals surface area contributed by atoms with Gasteiger partial charge in [0.05, 0.1) is 30.9 Å². The minimum Gasteiger partial charge on any atom is -0.497 e. The number of carbonyl (C=O) groups is 2. The van der Waals surface area contributed by atoms with Crippen molar-refractivity contribution in [3.05, 3.63) is 46.2 Å². The Morgan fingerprint density at radius 2 is 2.10 bits per heavy atom. The molecule has 3 rings (SSSR count). The first-order chi connectivity index (χ1) is 14.5. The van der Waals surface area contributed by atoms with Crippen molar-refractivity contribution in [2.45, 2.75) is 19.4 Å². The third kappa shape index (κ3) is 4.56. The smallest absolute Gasteiger partial charge is 0.317 e. The van der Waals surface area contributed by atoms with E-state index in [4.69, 9.17) is 9.47 Å². The zero-order valence-corrected chi connectivity index (χ0v) is 18.4.